The van der Waals surface area contributed by atoms with E-state index < -0.39 is 0 Å². The van der Waals surface area contributed by atoms with Crippen molar-refractivity contribution < 1.29 is 5.11 Å². The zero-order valence-electron chi connectivity index (χ0n) is 15.2. The molecule has 1 aliphatic rings. The van der Waals surface area contributed by atoms with Gasteiger partial charge < -0.3 is 10.0 Å². The number of aromatic hydroxyl groups is 1. The first kappa shape index (κ1) is 16.9. The molecule has 0 atom stereocenters. The first-order valence-corrected chi connectivity index (χ1v) is 9.31. The minimum absolute atomic E-state index is 0.260. The Bertz CT molecular complexity index is 901. The van der Waals surface area contributed by atoms with Gasteiger partial charge in [-0.05, 0) is 42.7 Å². The maximum absolute atomic E-state index is 9.99. The van der Waals surface area contributed by atoms with E-state index in [1.54, 1.807) is 12.3 Å². The van der Waals surface area contributed by atoms with Crippen molar-refractivity contribution in [3.8, 4) is 5.75 Å². The molecular formula is C22H25N3O. The SMILES string of the molecule is Cc1ccccc1N1CCN(CCc2ccc(O)c3ncccc23)CC1. The first-order valence-electron chi connectivity index (χ1n) is 9.31. The van der Waals surface area contributed by atoms with E-state index in [1.807, 2.05) is 18.2 Å². The van der Waals surface area contributed by atoms with Gasteiger partial charge in [0.25, 0.3) is 0 Å². The molecule has 0 aliphatic carbocycles. The van der Waals surface area contributed by atoms with Crippen LogP contribution in [-0.2, 0) is 6.42 Å². The normalized spacial score (nSPS) is 15.5. The Morgan fingerprint density at radius 1 is 0.962 bits per heavy atom. The van der Waals surface area contributed by atoms with Crippen LogP contribution in [0.15, 0.2) is 54.7 Å². The van der Waals surface area contributed by atoms with Crippen LogP contribution in [-0.4, -0.2) is 47.7 Å². The third-order valence-electron chi connectivity index (χ3n) is 5.36. The van der Waals surface area contributed by atoms with Crippen LogP contribution in [0, 0.1) is 6.92 Å². The molecule has 26 heavy (non-hydrogen) atoms. The maximum Gasteiger partial charge on any atom is 0.141 e. The Morgan fingerprint density at radius 2 is 1.77 bits per heavy atom. The molecule has 0 radical (unpaired) electrons. The third-order valence-corrected chi connectivity index (χ3v) is 5.36. The summed E-state index contributed by atoms with van der Waals surface area (Å²) in [4.78, 5) is 9.34. The van der Waals surface area contributed by atoms with Crippen LogP contribution in [0.25, 0.3) is 10.9 Å². The lowest BCUT2D eigenvalue weighted by Crippen LogP contribution is -2.47. The average molecular weight is 347 g/mol. The first-order chi connectivity index (χ1) is 12.7. The average Bonchev–Trinajstić information content (AvgIpc) is 2.69. The number of aryl methyl sites for hydroxylation is 1. The topological polar surface area (TPSA) is 39.6 Å². The van der Waals surface area contributed by atoms with E-state index in [2.05, 4.69) is 46.0 Å². The number of benzene rings is 2. The van der Waals surface area contributed by atoms with Gasteiger partial charge in [-0.1, -0.05) is 30.3 Å². The molecular weight excluding hydrogens is 322 g/mol. The number of para-hydroxylation sites is 1. The molecule has 4 heteroatoms. The number of pyridine rings is 1. The Morgan fingerprint density at radius 3 is 2.58 bits per heavy atom. The molecule has 0 spiro atoms. The van der Waals surface area contributed by atoms with Crippen LogP contribution in [0.2, 0.25) is 0 Å². The summed E-state index contributed by atoms with van der Waals surface area (Å²) in [7, 11) is 0. The van der Waals surface area contributed by atoms with Gasteiger partial charge in [0, 0.05) is 50.0 Å². The quantitative estimate of drug-likeness (QED) is 0.783. The summed E-state index contributed by atoms with van der Waals surface area (Å²) in [5.41, 5.74) is 4.67. The molecule has 3 aromatic rings. The largest absolute Gasteiger partial charge is 0.506 e. The van der Waals surface area contributed by atoms with Gasteiger partial charge in [0.1, 0.15) is 11.3 Å². The molecule has 1 saturated heterocycles. The second-order valence-electron chi connectivity index (χ2n) is 7.01. The molecule has 1 N–H and O–H groups in total. The van der Waals surface area contributed by atoms with Crippen LogP contribution in [0.5, 0.6) is 5.75 Å². The predicted octanol–water partition coefficient (Wildman–Crippen LogP) is 3.61. The molecule has 134 valence electrons. The number of rotatable bonds is 4. The summed E-state index contributed by atoms with van der Waals surface area (Å²) in [6.45, 7) is 7.54. The Kier molecular flexibility index (Phi) is 4.76. The molecule has 1 fully saturated rings. The van der Waals surface area contributed by atoms with Crippen LogP contribution in [0.4, 0.5) is 5.69 Å². The zero-order valence-corrected chi connectivity index (χ0v) is 15.2. The van der Waals surface area contributed by atoms with E-state index in [0.717, 1.165) is 44.5 Å². The number of phenols is 1. The van der Waals surface area contributed by atoms with Crippen molar-refractivity contribution in [2.45, 2.75) is 13.3 Å². The maximum atomic E-state index is 9.99. The molecule has 0 unspecified atom stereocenters. The van der Waals surface area contributed by atoms with Crippen LogP contribution < -0.4 is 4.90 Å². The van der Waals surface area contributed by atoms with Crippen LogP contribution in [0.3, 0.4) is 0 Å². The van der Waals surface area contributed by atoms with Crippen LogP contribution in [0.1, 0.15) is 11.1 Å². The van der Waals surface area contributed by atoms with Crippen LogP contribution >= 0.6 is 0 Å². The summed E-state index contributed by atoms with van der Waals surface area (Å²) in [6.07, 6.45) is 2.71. The molecule has 0 amide bonds. The summed E-state index contributed by atoms with van der Waals surface area (Å²) in [6, 6.07) is 16.4. The van der Waals surface area contributed by atoms with E-state index in [1.165, 1.54) is 16.8 Å². The minimum Gasteiger partial charge on any atom is -0.506 e. The number of anilines is 1. The van der Waals surface area contributed by atoms with Crippen molar-refractivity contribution in [1.82, 2.24) is 9.88 Å². The zero-order chi connectivity index (χ0) is 17.9. The third kappa shape index (κ3) is 3.37. The van der Waals surface area contributed by atoms with Gasteiger partial charge in [-0.3, -0.25) is 9.88 Å². The van der Waals surface area contributed by atoms with Gasteiger partial charge >= 0.3 is 0 Å². The lowest BCUT2D eigenvalue weighted by molar-refractivity contribution is 0.261. The fourth-order valence-electron chi connectivity index (χ4n) is 3.84. The number of phenolic OH excluding ortho intramolecular Hbond substituents is 1. The summed E-state index contributed by atoms with van der Waals surface area (Å²) in [5.74, 6) is 0.260. The van der Waals surface area contributed by atoms with Gasteiger partial charge in [-0.15, -0.1) is 0 Å². The molecule has 2 aromatic carbocycles. The number of aromatic nitrogens is 1. The standard InChI is InChI=1S/C22H25N3O/c1-17-5-2-3-7-20(17)25-15-13-24(14-16-25)12-10-18-8-9-21(26)22-19(18)6-4-11-23-22/h2-9,11,26H,10,12-16H2,1H3. The molecule has 0 saturated carbocycles. The van der Waals surface area contributed by atoms with Gasteiger partial charge in [-0.25, -0.2) is 0 Å². The van der Waals surface area contributed by atoms with Crippen molar-refractivity contribution in [1.29, 1.82) is 0 Å². The van der Waals surface area contributed by atoms with Gasteiger partial charge in [0.05, 0.1) is 0 Å². The van der Waals surface area contributed by atoms with Crippen molar-refractivity contribution in [2.24, 2.45) is 0 Å². The van der Waals surface area contributed by atoms with Gasteiger partial charge in [-0.2, -0.15) is 0 Å². The second kappa shape index (κ2) is 7.34. The van der Waals surface area contributed by atoms with Crippen molar-refractivity contribution in [2.75, 3.05) is 37.6 Å². The summed E-state index contributed by atoms with van der Waals surface area (Å²) >= 11 is 0. The Balaban J connectivity index is 1.39. The van der Waals surface area contributed by atoms with Crippen molar-refractivity contribution >= 4 is 16.6 Å². The number of fused-ring (bicyclic) bond motifs is 1. The molecule has 1 aromatic heterocycles. The highest BCUT2D eigenvalue weighted by Crippen LogP contribution is 2.26. The number of nitrogens with zero attached hydrogens (tertiary/aromatic N) is 3. The van der Waals surface area contributed by atoms with Gasteiger partial charge in [0.15, 0.2) is 0 Å². The molecule has 2 heterocycles. The monoisotopic (exact) mass is 347 g/mol. The molecule has 1 aliphatic heterocycles. The number of piperazine rings is 1. The fourth-order valence-corrected chi connectivity index (χ4v) is 3.84. The lowest BCUT2D eigenvalue weighted by atomic mass is 10.0. The van der Waals surface area contributed by atoms with E-state index in [4.69, 9.17) is 0 Å². The predicted molar refractivity (Wildman–Crippen MR) is 107 cm³/mol. The number of hydrogen-bond donors (Lipinski definition) is 1. The second-order valence-corrected chi connectivity index (χ2v) is 7.01. The fraction of sp³-hybridized carbons (Fsp3) is 0.318. The van der Waals surface area contributed by atoms with Gasteiger partial charge in [0.2, 0.25) is 0 Å². The lowest BCUT2D eigenvalue weighted by Gasteiger charge is -2.36. The highest BCUT2D eigenvalue weighted by atomic mass is 16.3. The number of hydrogen-bond acceptors (Lipinski definition) is 4. The van der Waals surface area contributed by atoms with Crippen molar-refractivity contribution in [3.63, 3.8) is 0 Å². The smallest absolute Gasteiger partial charge is 0.141 e. The Labute approximate surface area is 154 Å². The van der Waals surface area contributed by atoms with E-state index in [9.17, 15) is 5.11 Å². The summed E-state index contributed by atoms with van der Waals surface area (Å²) < 4.78 is 0. The van der Waals surface area contributed by atoms with Crippen molar-refractivity contribution in [3.05, 3.63) is 65.9 Å². The highest BCUT2D eigenvalue weighted by molar-refractivity contribution is 5.87. The van der Waals surface area contributed by atoms with E-state index in [-0.39, 0.29) is 5.75 Å². The van der Waals surface area contributed by atoms with E-state index >= 15 is 0 Å². The minimum atomic E-state index is 0.260. The highest BCUT2D eigenvalue weighted by Gasteiger charge is 2.18. The molecule has 0 bridgehead atoms. The summed E-state index contributed by atoms with van der Waals surface area (Å²) in [5, 5.41) is 11.1. The molecule has 4 rings (SSSR count). The Hall–Kier alpha value is -2.59. The molecule has 4 nitrogen and oxygen atoms in total. The van der Waals surface area contributed by atoms with E-state index in [0.29, 0.717) is 5.52 Å².